The van der Waals surface area contributed by atoms with Gasteiger partial charge in [0, 0.05) is 13.1 Å². The van der Waals surface area contributed by atoms with Crippen molar-refractivity contribution < 1.29 is 4.74 Å². The molecule has 0 radical (unpaired) electrons. The van der Waals surface area contributed by atoms with Crippen LogP contribution in [0.5, 0.6) is 5.75 Å². The summed E-state index contributed by atoms with van der Waals surface area (Å²) in [6.07, 6.45) is 4.97. The molecule has 0 unspecified atom stereocenters. The number of nitrogens with zero attached hydrogens (tertiary/aromatic N) is 2. The van der Waals surface area contributed by atoms with Crippen molar-refractivity contribution in [3.05, 3.63) is 29.8 Å². The molecule has 1 aliphatic heterocycles. The molecule has 0 N–H and O–H groups in total. The fraction of sp³-hybridized carbons (Fsp3) is 0.611. The van der Waals surface area contributed by atoms with Gasteiger partial charge in [-0.25, -0.2) is 0 Å². The van der Waals surface area contributed by atoms with Crippen LogP contribution in [0, 0.1) is 17.2 Å². The summed E-state index contributed by atoms with van der Waals surface area (Å²) in [5.41, 5.74) is 0.636. The molecule has 1 aromatic rings. The summed E-state index contributed by atoms with van der Waals surface area (Å²) in [5, 5.41) is 9.09. The van der Waals surface area contributed by atoms with E-state index in [9.17, 15) is 0 Å². The monoisotopic (exact) mass is 286 g/mol. The number of ether oxygens (including phenoxy) is 1. The third-order valence-electron chi connectivity index (χ3n) is 4.09. The first-order valence-corrected chi connectivity index (χ1v) is 8.07. The summed E-state index contributed by atoms with van der Waals surface area (Å²) < 4.78 is 6.02. The number of benzene rings is 1. The van der Waals surface area contributed by atoms with E-state index in [1.807, 2.05) is 24.3 Å². The van der Waals surface area contributed by atoms with Crippen molar-refractivity contribution in [1.82, 2.24) is 4.90 Å². The molecule has 1 aliphatic rings. The van der Waals surface area contributed by atoms with Crippen molar-refractivity contribution in [2.75, 3.05) is 19.6 Å². The largest absolute Gasteiger partial charge is 0.489 e. The maximum Gasteiger partial charge on any atom is 0.137 e. The summed E-state index contributed by atoms with van der Waals surface area (Å²) in [7, 11) is 0. The molecular weight excluding hydrogens is 260 g/mol. The molecule has 0 aliphatic carbocycles. The number of piperidine rings is 1. The number of hydrogen-bond acceptors (Lipinski definition) is 3. The lowest BCUT2D eigenvalue weighted by atomic mass is 10.0. The van der Waals surface area contributed by atoms with Gasteiger partial charge in [-0.15, -0.1) is 0 Å². The van der Waals surface area contributed by atoms with E-state index in [0.717, 1.165) is 37.6 Å². The molecule has 21 heavy (non-hydrogen) atoms. The normalized spacial score (nSPS) is 16.9. The van der Waals surface area contributed by atoms with Crippen molar-refractivity contribution in [3.63, 3.8) is 0 Å². The van der Waals surface area contributed by atoms with Crippen LogP contribution in [0.4, 0.5) is 0 Å². The van der Waals surface area contributed by atoms with Gasteiger partial charge in [0.05, 0.1) is 5.56 Å². The van der Waals surface area contributed by atoms with E-state index in [-0.39, 0.29) is 6.10 Å². The summed E-state index contributed by atoms with van der Waals surface area (Å²) in [5.74, 6) is 1.53. The highest BCUT2D eigenvalue weighted by Gasteiger charge is 2.21. The average molecular weight is 286 g/mol. The van der Waals surface area contributed by atoms with E-state index in [4.69, 9.17) is 10.00 Å². The second kappa shape index (κ2) is 8.05. The van der Waals surface area contributed by atoms with E-state index in [1.165, 1.54) is 19.4 Å². The predicted molar refractivity (Wildman–Crippen MR) is 85.3 cm³/mol. The van der Waals surface area contributed by atoms with Crippen LogP contribution < -0.4 is 4.74 Å². The van der Waals surface area contributed by atoms with Crippen LogP contribution in [0.3, 0.4) is 0 Å². The van der Waals surface area contributed by atoms with Crippen LogP contribution >= 0.6 is 0 Å². The first-order chi connectivity index (χ1) is 10.2. The van der Waals surface area contributed by atoms with Gasteiger partial charge in [-0.05, 0) is 50.3 Å². The average Bonchev–Trinajstić information content (AvgIpc) is 2.49. The highest BCUT2D eigenvalue weighted by atomic mass is 16.5. The summed E-state index contributed by atoms with van der Waals surface area (Å²) in [4.78, 5) is 2.54. The molecule has 1 fully saturated rings. The Morgan fingerprint density at radius 1 is 1.29 bits per heavy atom. The Kier molecular flexibility index (Phi) is 6.07. The van der Waals surface area contributed by atoms with Gasteiger partial charge in [0.1, 0.15) is 17.9 Å². The molecule has 0 bridgehead atoms. The molecular formula is C18H26N2O. The van der Waals surface area contributed by atoms with E-state index >= 15 is 0 Å². The highest BCUT2D eigenvalue weighted by molar-refractivity contribution is 5.42. The molecule has 0 amide bonds. The molecule has 0 atom stereocenters. The van der Waals surface area contributed by atoms with Crippen molar-refractivity contribution in [2.24, 2.45) is 5.92 Å². The van der Waals surface area contributed by atoms with E-state index in [1.54, 1.807) is 0 Å². The van der Waals surface area contributed by atoms with Gasteiger partial charge in [0.15, 0.2) is 0 Å². The van der Waals surface area contributed by atoms with Crippen LogP contribution in [-0.4, -0.2) is 30.6 Å². The lowest BCUT2D eigenvalue weighted by molar-refractivity contribution is 0.0988. The van der Waals surface area contributed by atoms with Gasteiger partial charge in [-0.3, -0.25) is 0 Å². The standard InChI is InChI=1S/C18H26N2O/c1-15(2)6-5-11-20-12-9-17(10-13-20)21-18-8-4-3-7-16(18)14-19/h3-4,7-8,15,17H,5-6,9-13H2,1-2H3. The Hall–Kier alpha value is -1.53. The predicted octanol–water partition coefficient (Wildman–Crippen LogP) is 3.84. The SMILES string of the molecule is CC(C)CCCN1CCC(Oc2ccccc2C#N)CC1. The Bertz CT molecular complexity index is 470. The van der Waals surface area contributed by atoms with Crippen molar-refractivity contribution >= 4 is 0 Å². The van der Waals surface area contributed by atoms with Gasteiger partial charge in [-0.2, -0.15) is 5.26 Å². The second-order valence-corrected chi connectivity index (χ2v) is 6.30. The molecule has 3 nitrogen and oxygen atoms in total. The lowest BCUT2D eigenvalue weighted by Gasteiger charge is -2.32. The Labute approximate surface area is 128 Å². The van der Waals surface area contributed by atoms with Crippen LogP contribution in [0.15, 0.2) is 24.3 Å². The van der Waals surface area contributed by atoms with Gasteiger partial charge in [0.25, 0.3) is 0 Å². The minimum Gasteiger partial charge on any atom is -0.489 e. The smallest absolute Gasteiger partial charge is 0.137 e. The Balaban J connectivity index is 1.75. The van der Waals surface area contributed by atoms with Crippen molar-refractivity contribution in [2.45, 2.75) is 45.6 Å². The molecule has 0 aromatic heterocycles. The lowest BCUT2D eigenvalue weighted by Crippen LogP contribution is -2.38. The number of hydrogen-bond donors (Lipinski definition) is 0. The number of likely N-dealkylation sites (tertiary alicyclic amines) is 1. The molecule has 1 heterocycles. The topological polar surface area (TPSA) is 36.3 Å². The Morgan fingerprint density at radius 3 is 2.67 bits per heavy atom. The van der Waals surface area contributed by atoms with E-state index in [2.05, 4.69) is 24.8 Å². The quantitative estimate of drug-likeness (QED) is 0.797. The van der Waals surface area contributed by atoms with Gasteiger partial charge >= 0.3 is 0 Å². The fourth-order valence-corrected chi connectivity index (χ4v) is 2.82. The van der Waals surface area contributed by atoms with Crippen molar-refractivity contribution in [1.29, 1.82) is 5.26 Å². The summed E-state index contributed by atoms with van der Waals surface area (Å²) in [6, 6.07) is 9.71. The molecule has 1 aromatic carbocycles. The minimum atomic E-state index is 0.251. The van der Waals surface area contributed by atoms with Crippen LogP contribution in [0.2, 0.25) is 0 Å². The van der Waals surface area contributed by atoms with Crippen molar-refractivity contribution in [3.8, 4) is 11.8 Å². The van der Waals surface area contributed by atoms with E-state index < -0.39 is 0 Å². The maximum atomic E-state index is 9.09. The highest BCUT2D eigenvalue weighted by Crippen LogP contribution is 2.22. The first kappa shape index (κ1) is 15.9. The zero-order chi connectivity index (χ0) is 15.1. The number of nitriles is 1. The third kappa shape index (κ3) is 5.06. The van der Waals surface area contributed by atoms with Gasteiger partial charge in [0.2, 0.25) is 0 Å². The first-order valence-electron chi connectivity index (χ1n) is 8.07. The van der Waals surface area contributed by atoms with Crippen LogP contribution in [0.25, 0.3) is 0 Å². The van der Waals surface area contributed by atoms with Gasteiger partial charge < -0.3 is 9.64 Å². The molecule has 1 saturated heterocycles. The molecule has 3 heteroatoms. The van der Waals surface area contributed by atoms with Crippen LogP contribution in [0.1, 0.15) is 45.1 Å². The maximum absolute atomic E-state index is 9.09. The molecule has 2 rings (SSSR count). The molecule has 0 spiro atoms. The molecule has 0 saturated carbocycles. The van der Waals surface area contributed by atoms with Gasteiger partial charge in [-0.1, -0.05) is 26.0 Å². The Morgan fingerprint density at radius 2 is 2.00 bits per heavy atom. The number of rotatable bonds is 6. The fourth-order valence-electron chi connectivity index (χ4n) is 2.82. The molecule has 114 valence electrons. The minimum absolute atomic E-state index is 0.251. The second-order valence-electron chi connectivity index (χ2n) is 6.30. The number of para-hydroxylation sites is 1. The van der Waals surface area contributed by atoms with Crippen LogP contribution in [-0.2, 0) is 0 Å². The van der Waals surface area contributed by atoms with E-state index in [0.29, 0.717) is 5.56 Å². The zero-order valence-electron chi connectivity index (χ0n) is 13.2. The third-order valence-corrected chi connectivity index (χ3v) is 4.09. The summed E-state index contributed by atoms with van der Waals surface area (Å²) >= 11 is 0. The summed E-state index contributed by atoms with van der Waals surface area (Å²) in [6.45, 7) is 7.99. The zero-order valence-corrected chi connectivity index (χ0v) is 13.2.